The van der Waals surface area contributed by atoms with Gasteiger partial charge in [-0.1, -0.05) is 23.2 Å². The highest BCUT2D eigenvalue weighted by Gasteiger charge is 2.15. The van der Waals surface area contributed by atoms with Crippen LogP contribution in [0.25, 0.3) is 0 Å². The van der Waals surface area contributed by atoms with Gasteiger partial charge in [0, 0.05) is 11.6 Å². The van der Waals surface area contributed by atoms with E-state index in [0.29, 0.717) is 28.2 Å². The molecule has 1 amide bonds. The van der Waals surface area contributed by atoms with Gasteiger partial charge in [-0.3, -0.25) is 4.79 Å². The lowest BCUT2D eigenvalue weighted by Crippen LogP contribution is -2.32. The molecule has 6 nitrogen and oxygen atoms in total. The molecule has 0 spiro atoms. The number of carbonyl (C=O) groups excluding carboxylic acids is 1. The summed E-state index contributed by atoms with van der Waals surface area (Å²) in [6.07, 6.45) is 1.46. The number of aromatic nitrogens is 3. The first kappa shape index (κ1) is 16.6. The van der Waals surface area contributed by atoms with Crippen molar-refractivity contribution in [2.75, 3.05) is 6.61 Å². The molecule has 0 bridgehead atoms. The van der Waals surface area contributed by atoms with Gasteiger partial charge >= 0.3 is 0 Å². The third kappa shape index (κ3) is 4.11. The van der Waals surface area contributed by atoms with Gasteiger partial charge in [-0.15, -0.1) is 0 Å². The van der Waals surface area contributed by atoms with Crippen LogP contribution < -0.4 is 10.1 Å². The Morgan fingerprint density at radius 1 is 1.45 bits per heavy atom. The van der Waals surface area contributed by atoms with E-state index in [9.17, 15) is 4.79 Å². The van der Waals surface area contributed by atoms with E-state index in [4.69, 9.17) is 27.9 Å². The molecule has 1 aromatic heterocycles. The smallest absolute Gasteiger partial charge is 0.258 e. The molecule has 1 aromatic carbocycles. The van der Waals surface area contributed by atoms with E-state index in [1.54, 1.807) is 22.9 Å². The number of ether oxygens (including phenoxy) is 1. The van der Waals surface area contributed by atoms with Gasteiger partial charge in [0.25, 0.3) is 5.91 Å². The molecule has 0 saturated carbocycles. The van der Waals surface area contributed by atoms with Gasteiger partial charge in [0.1, 0.15) is 17.9 Å². The van der Waals surface area contributed by atoms with E-state index in [2.05, 4.69) is 15.4 Å². The van der Waals surface area contributed by atoms with Gasteiger partial charge in [-0.25, -0.2) is 9.67 Å². The lowest BCUT2D eigenvalue weighted by Gasteiger charge is -2.14. The van der Waals surface area contributed by atoms with Crippen LogP contribution in [0.5, 0.6) is 5.75 Å². The maximum absolute atomic E-state index is 11.9. The van der Waals surface area contributed by atoms with Crippen LogP contribution in [0.4, 0.5) is 0 Å². The number of halogens is 2. The molecule has 22 heavy (non-hydrogen) atoms. The van der Waals surface area contributed by atoms with Crippen molar-refractivity contribution in [1.29, 1.82) is 0 Å². The molecule has 118 valence electrons. The minimum absolute atomic E-state index is 0.147. The summed E-state index contributed by atoms with van der Waals surface area (Å²) in [4.78, 5) is 16.1. The third-order valence-corrected chi connectivity index (χ3v) is 3.49. The monoisotopic (exact) mass is 342 g/mol. The number of nitrogens with zero attached hydrogens (tertiary/aromatic N) is 3. The van der Waals surface area contributed by atoms with E-state index in [-0.39, 0.29) is 18.6 Å². The van der Waals surface area contributed by atoms with Crippen molar-refractivity contribution in [3.63, 3.8) is 0 Å². The van der Waals surface area contributed by atoms with Crippen molar-refractivity contribution in [2.24, 2.45) is 0 Å². The molecule has 0 aliphatic rings. The zero-order valence-electron chi connectivity index (χ0n) is 12.2. The molecule has 0 radical (unpaired) electrons. The van der Waals surface area contributed by atoms with Crippen molar-refractivity contribution in [3.05, 3.63) is 40.4 Å². The fourth-order valence-electron chi connectivity index (χ4n) is 1.94. The molecule has 0 fully saturated rings. The second kappa shape index (κ2) is 7.47. The zero-order chi connectivity index (χ0) is 16.1. The molecule has 2 rings (SSSR count). The summed E-state index contributed by atoms with van der Waals surface area (Å²) >= 11 is 11.8. The number of rotatable bonds is 6. The minimum Gasteiger partial charge on any atom is -0.482 e. The Morgan fingerprint density at radius 3 is 2.91 bits per heavy atom. The van der Waals surface area contributed by atoms with Crippen LogP contribution in [0.3, 0.4) is 0 Å². The summed E-state index contributed by atoms with van der Waals surface area (Å²) in [7, 11) is 0. The maximum atomic E-state index is 11.9. The van der Waals surface area contributed by atoms with Crippen LogP contribution in [0.2, 0.25) is 10.0 Å². The molecule has 8 heteroatoms. The van der Waals surface area contributed by atoms with Gasteiger partial charge in [0.05, 0.1) is 11.1 Å². The molecule has 0 saturated heterocycles. The molecule has 0 aliphatic carbocycles. The third-order valence-electron chi connectivity index (χ3n) is 2.96. The minimum atomic E-state index is -0.274. The summed E-state index contributed by atoms with van der Waals surface area (Å²) in [5.74, 6) is 0.829. The first-order chi connectivity index (χ1) is 10.5. The molecular formula is C14H16Cl2N4O2. The molecule has 0 aliphatic heterocycles. The van der Waals surface area contributed by atoms with Crippen LogP contribution in [0.1, 0.15) is 25.7 Å². The highest BCUT2D eigenvalue weighted by atomic mass is 35.5. The Kier molecular flexibility index (Phi) is 5.63. The average Bonchev–Trinajstić information content (AvgIpc) is 2.94. The van der Waals surface area contributed by atoms with E-state index < -0.39 is 0 Å². The lowest BCUT2D eigenvalue weighted by atomic mass is 10.3. The molecular weight excluding hydrogens is 327 g/mol. The second-order valence-electron chi connectivity index (χ2n) is 4.59. The zero-order valence-corrected chi connectivity index (χ0v) is 13.7. The van der Waals surface area contributed by atoms with Crippen LogP contribution in [-0.4, -0.2) is 27.3 Å². The highest BCUT2D eigenvalue weighted by Crippen LogP contribution is 2.27. The number of nitrogens with one attached hydrogen (secondary N) is 1. The Bertz CT molecular complexity index is 660. The number of hydrogen-bond donors (Lipinski definition) is 1. The molecule has 1 heterocycles. The lowest BCUT2D eigenvalue weighted by molar-refractivity contribution is -0.123. The predicted molar refractivity (Wildman–Crippen MR) is 84.2 cm³/mol. The topological polar surface area (TPSA) is 69.0 Å². The second-order valence-corrected chi connectivity index (χ2v) is 5.43. The summed E-state index contributed by atoms with van der Waals surface area (Å²) in [5.41, 5.74) is 0. The van der Waals surface area contributed by atoms with Crippen molar-refractivity contribution in [1.82, 2.24) is 20.1 Å². The molecule has 2 aromatic rings. The molecule has 1 N–H and O–H groups in total. The number of hydrogen-bond acceptors (Lipinski definition) is 4. The van der Waals surface area contributed by atoms with Crippen molar-refractivity contribution in [3.8, 4) is 5.75 Å². The van der Waals surface area contributed by atoms with Crippen molar-refractivity contribution in [2.45, 2.75) is 26.4 Å². The van der Waals surface area contributed by atoms with Crippen molar-refractivity contribution >= 4 is 29.1 Å². The van der Waals surface area contributed by atoms with Gasteiger partial charge in [0.2, 0.25) is 0 Å². The van der Waals surface area contributed by atoms with Crippen LogP contribution in [-0.2, 0) is 11.3 Å². The molecule has 1 atom stereocenters. The fourth-order valence-corrected chi connectivity index (χ4v) is 2.40. The largest absolute Gasteiger partial charge is 0.482 e. The van der Waals surface area contributed by atoms with E-state index in [1.165, 1.54) is 6.33 Å². The summed E-state index contributed by atoms with van der Waals surface area (Å²) < 4.78 is 7.11. The molecule has 0 unspecified atom stereocenters. The summed E-state index contributed by atoms with van der Waals surface area (Å²) in [6, 6.07) is 4.56. The van der Waals surface area contributed by atoms with Gasteiger partial charge in [-0.05, 0) is 32.0 Å². The van der Waals surface area contributed by atoms with Crippen LogP contribution in [0.15, 0.2) is 24.5 Å². The maximum Gasteiger partial charge on any atom is 0.258 e. The van der Waals surface area contributed by atoms with E-state index >= 15 is 0 Å². The summed E-state index contributed by atoms with van der Waals surface area (Å²) in [5, 5.41) is 7.74. The Morgan fingerprint density at radius 2 is 2.23 bits per heavy atom. The SMILES string of the molecule is CCn1ncnc1[C@@H](C)NC(=O)COc1ccc(Cl)cc1Cl. The number of amides is 1. The standard InChI is InChI=1S/C14H16Cl2N4O2/c1-3-20-14(17-8-18-20)9(2)19-13(21)7-22-12-5-4-10(15)6-11(12)16/h4-6,8-9H,3,7H2,1-2H3,(H,19,21)/t9-/m1/s1. The predicted octanol–water partition coefficient (Wildman–Crippen LogP) is 2.86. The van der Waals surface area contributed by atoms with E-state index in [0.717, 1.165) is 0 Å². The van der Waals surface area contributed by atoms with Gasteiger partial charge in [0.15, 0.2) is 6.61 Å². The fraction of sp³-hybridized carbons (Fsp3) is 0.357. The Labute approximate surface area is 138 Å². The number of carbonyl (C=O) groups is 1. The quantitative estimate of drug-likeness (QED) is 0.876. The van der Waals surface area contributed by atoms with E-state index in [1.807, 2.05) is 13.8 Å². The number of benzene rings is 1. The first-order valence-corrected chi connectivity index (χ1v) is 7.51. The summed E-state index contributed by atoms with van der Waals surface area (Å²) in [6.45, 7) is 4.33. The Hall–Kier alpha value is -1.79. The van der Waals surface area contributed by atoms with Crippen molar-refractivity contribution < 1.29 is 9.53 Å². The highest BCUT2D eigenvalue weighted by molar-refractivity contribution is 6.35. The number of aryl methyl sites for hydroxylation is 1. The Balaban J connectivity index is 1.90. The van der Waals surface area contributed by atoms with Crippen LogP contribution >= 0.6 is 23.2 Å². The van der Waals surface area contributed by atoms with Gasteiger partial charge < -0.3 is 10.1 Å². The average molecular weight is 343 g/mol. The first-order valence-electron chi connectivity index (χ1n) is 6.76. The normalized spacial score (nSPS) is 12.0. The van der Waals surface area contributed by atoms with Gasteiger partial charge in [-0.2, -0.15) is 5.10 Å². The van der Waals surface area contributed by atoms with Crippen LogP contribution in [0, 0.1) is 0 Å².